The summed E-state index contributed by atoms with van der Waals surface area (Å²) in [7, 11) is -0.368. The maximum Gasteiger partial charge on any atom is 0.161 e. The number of fused-ring (bicyclic) bond motifs is 4. The van der Waals surface area contributed by atoms with E-state index in [4.69, 9.17) is 20.6 Å². The molecule has 472 valence electrons. The van der Waals surface area contributed by atoms with Gasteiger partial charge in [-0.1, -0.05) is 314 Å². The van der Waals surface area contributed by atoms with Crippen LogP contribution in [0.25, 0.3) is 68.8 Å². The van der Waals surface area contributed by atoms with E-state index in [1.54, 1.807) is 7.11 Å². The monoisotopic (exact) mass is 1260 g/mol. The minimum Gasteiger partial charge on any atom is -0.496 e. The van der Waals surface area contributed by atoms with Crippen molar-refractivity contribution in [2.24, 2.45) is 0 Å². The predicted molar refractivity (Wildman–Crippen MR) is 403 cm³/mol. The Kier molecular flexibility index (Phi) is 18.5. The lowest BCUT2D eigenvalue weighted by Gasteiger charge is -2.40. The van der Waals surface area contributed by atoms with Gasteiger partial charge in [-0.05, 0) is 145 Å². The fraction of sp³-hybridized carbons (Fsp3) is 0.349. The first kappa shape index (κ1) is 66.9. The van der Waals surface area contributed by atoms with Crippen molar-refractivity contribution in [2.45, 2.75) is 182 Å². The molecule has 0 aromatic heterocycles. The normalized spacial score (nSPS) is 16.8. The molecule has 0 saturated heterocycles. The SMILES string of the molecule is CC1=Cc2cc(C(C)(C)C)cc(-c3ccccc3)c2C1.COc1c(C(C)(C)C)cc2c(c1-c1ccccc1)C=C(C)C2[Si](C)(C)C1C(C)=Cc2c(-c3ccccc3)cc(C(C)(C)C)cc21.COc1c(C(C)(C)C)cc2c(c1-c1ccccc1)C=C(C)C2[Si](C)(C)Cl. The van der Waals surface area contributed by atoms with Gasteiger partial charge in [-0.15, -0.1) is 0 Å². The summed E-state index contributed by atoms with van der Waals surface area (Å²) in [6.45, 7) is 46.6. The summed E-state index contributed by atoms with van der Waals surface area (Å²) in [5.74, 6) is 2.00. The molecule has 4 aliphatic carbocycles. The Morgan fingerprint density at radius 2 is 0.747 bits per heavy atom. The Bertz CT molecular complexity index is 4160. The van der Waals surface area contributed by atoms with Crippen LogP contribution in [0.3, 0.4) is 0 Å². The van der Waals surface area contributed by atoms with Crippen LogP contribution in [0.4, 0.5) is 0 Å². The molecule has 0 amide bonds. The molecular weight excluding hydrogens is 1160 g/mol. The van der Waals surface area contributed by atoms with E-state index in [0.717, 1.165) is 17.9 Å². The number of ether oxygens (including phenoxy) is 2. The van der Waals surface area contributed by atoms with Gasteiger partial charge in [0.25, 0.3) is 0 Å². The van der Waals surface area contributed by atoms with E-state index < -0.39 is 15.5 Å². The Labute approximate surface area is 555 Å². The largest absolute Gasteiger partial charge is 0.496 e. The maximum atomic E-state index is 6.97. The number of halogens is 1. The molecule has 0 radical (unpaired) electrons. The topological polar surface area (TPSA) is 18.5 Å². The molecule has 5 heteroatoms. The van der Waals surface area contributed by atoms with Gasteiger partial charge < -0.3 is 9.47 Å². The number of benzene rings is 8. The summed E-state index contributed by atoms with van der Waals surface area (Å²) >= 11 is 6.97. The van der Waals surface area contributed by atoms with Gasteiger partial charge in [0.1, 0.15) is 11.5 Å². The molecule has 0 spiro atoms. The second kappa shape index (κ2) is 25.2. The smallest absolute Gasteiger partial charge is 0.161 e. The Morgan fingerprint density at radius 1 is 0.396 bits per heavy atom. The van der Waals surface area contributed by atoms with Gasteiger partial charge in [-0.25, -0.2) is 0 Å². The molecule has 0 heterocycles. The van der Waals surface area contributed by atoms with E-state index in [2.05, 4.69) is 319 Å². The van der Waals surface area contributed by atoms with Crippen molar-refractivity contribution in [3.8, 4) is 56.0 Å². The van der Waals surface area contributed by atoms with Crippen molar-refractivity contribution in [1.29, 1.82) is 0 Å². The van der Waals surface area contributed by atoms with Crippen molar-refractivity contribution in [1.82, 2.24) is 0 Å². The zero-order chi connectivity index (χ0) is 66.1. The highest BCUT2D eigenvalue weighted by atomic mass is 35.6. The molecule has 0 fully saturated rings. The number of methoxy groups -OCH3 is 2. The summed E-state index contributed by atoms with van der Waals surface area (Å²) in [6.07, 6.45) is 10.8. The average molecular weight is 1260 g/mol. The van der Waals surface area contributed by atoms with E-state index in [-0.39, 0.29) is 21.7 Å². The van der Waals surface area contributed by atoms with Gasteiger partial charge in [-0.3, -0.25) is 0 Å². The van der Waals surface area contributed by atoms with E-state index in [1.807, 2.05) is 7.11 Å². The molecule has 8 aromatic carbocycles. The van der Waals surface area contributed by atoms with Crippen molar-refractivity contribution in [3.05, 3.63) is 247 Å². The third kappa shape index (κ3) is 13.2. The average Bonchev–Trinajstić information content (AvgIpc) is 1.60. The first-order valence-electron chi connectivity index (χ1n) is 33.1. The summed E-state index contributed by atoms with van der Waals surface area (Å²) < 4.78 is 12.3. The molecule has 3 atom stereocenters. The first-order chi connectivity index (χ1) is 42.6. The first-order valence-corrected chi connectivity index (χ1v) is 40.4. The van der Waals surface area contributed by atoms with Crippen molar-refractivity contribution in [2.75, 3.05) is 14.2 Å². The standard InChI is InChI=1S/C43H50OSi.C23H29ClOSi.C20H22/c1-27-22-33-32(29-18-14-12-15-19-29)24-31(42(3,4)5)25-35(33)40(27)45(10,11)41-28(2)23-34-36(41)26-37(43(6,7)8)39(44-9)38(34)30-20-16-13-17-21-30;1-15-13-17-18(22(15)26(6,7)24)14-19(23(2,3)4)21(25-5)20(17)16-11-9-8-10-12-16;1-14-10-16-12-17(20(2,3)4)13-19(18(16)11-14)15-8-6-5-7-9-15/h12-26,40-41H,1-11H3;8-14,22H,1-7H3;5-10,12-13H,11H2,1-4H3. The van der Waals surface area contributed by atoms with Crippen LogP contribution in [-0.4, -0.2) is 29.7 Å². The van der Waals surface area contributed by atoms with Gasteiger partial charge in [0.05, 0.1) is 22.3 Å². The van der Waals surface area contributed by atoms with Crippen LogP contribution in [0.5, 0.6) is 11.5 Å². The molecule has 2 nitrogen and oxygen atoms in total. The van der Waals surface area contributed by atoms with E-state index in [1.165, 1.54) is 134 Å². The summed E-state index contributed by atoms with van der Waals surface area (Å²) in [6, 6.07) is 57.9. The Balaban J connectivity index is 0.000000166. The van der Waals surface area contributed by atoms with Gasteiger partial charge in [0, 0.05) is 38.9 Å². The fourth-order valence-corrected chi connectivity index (χ4v) is 23.5. The second-order valence-electron chi connectivity index (χ2n) is 31.8. The predicted octanol–water partition coefficient (Wildman–Crippen LogP) is 24.9. The van der Waals surface area contributed by atoms with E-state index in [0.29, 0.717) is 16.6 Å². The molecule has 0 aliphatic heterocycles. The lowest BCUT2D eigenvalue weighted by molar-refractivity contribution is 0.399. The van der Waals surface area contributed by atoms with Crippen LogP contribution >= 0.6 is 11.1 Å². The van der Waals surface area contributed by atoms with Gasteiger partial charge in [0.2, 0.25) is 0 Å². The molecule has 8 aromatic rings. The summed E-state index contributed by atoms with van der Waals surface area (Å²) in [4.78, 5) is 0. The van der Waals surface area contributed by atoms with Crippen LogP contribution in [0, 0.1) is 0 Å². The zero-order valence-corrected chi connectivity index (χ0v) is 61.7. The van der Waals surface area contributed by atoms with Crippen molar-refractivity contribution < 1.29 is 9.47 Å². The van der Waals surface area contributed by atoms with Gasteiger partial charge in [0.15, 0.2) is 7.38 Å². The molecule has 0 bridgehead atoms. The molecule has 0 saturated carbocycles. The Morgan fingerprint density at radius 3 is 1.14 bits per heavy atom. The quantitative estimate of drug-likeness (QED) is 0.106. The summed E-state index contributed by atoms with van der Waals surface area (Å²) in [5.41, 5.74) is 34.2. The van der Waals surface area contributed by atoms with Crippen LogP contribution in [-0.2, 0) is 28.1 Å². The van der Waals surface area contributed by atoms with Crippen LogP contribution in [0.1, 0.15) is 194 Å². The molecular formula is C86H101ClO2Si2. The minimum absolute atomic E-state index is 0.0110. The second-order valence-corrected chi connectivity index (χ2v) is 43.2. The zero-order valence-electron chi connectivity index (χ0n) is 59.0. The molecule has 12 rings (SSSR count). The maximum absolute atomic E-state index is 6.97. The molecule has 0 N–H and O–H groups in total. The number of rotatable bonds is 9. The highest BCUT2D eigenvalue weighted by molar-refractivity contribution is 7.20. The minimum atomic E-state index is -2.08. The number of allylic oxidation sites excluding steroid dienone is 4. The fourth-order valence-electron chi connectivity index (χ4n) is 15.5. The lowest BCUT2D eigenvalue weighted by Crippen LogP contribution is -2.42. The third-order valence-electron chi connectivity index (χ3n) is 19.7. The van der Waals surface area contributed by atoms with Crippen LogP contribution in [0.15, 0.2) is 180 Å². The molecule has 4 aliphatic rings. The molecule has 91 heavy (non-hydrogen) atoms. The highest BCUT2D eigenvalue weighted by Crippen LogP contribution is 2.58. The van der Waals surface area contributed by atoms with Crippen LogP contribution in [0.2, 0.25) is 26.2 Å². The highest BCUT2D eigenvalue weighted by Gasteiger charge is 2.49. The van der Waals surface area contributed by atoms with Crippen molar-refractivity contribution in [3.63, 3.8) is 0 Å². The van der Waals surface area contributed by atoms with Gasteiger partial charge >= 0.3 is 0 Å². The lowest BCUT2D eigenvalue weighted by atomic mass is 9.81. The van der Waals surface area contributed by atoms with Crippen LogP contribution < -0.4 is 9.47 Å². The van der Waals surface area contributed by atoms with Gasteiger partial charge in [-0.2, -0.15) is 11.1 Å². The third-order valence-corrected chi connectivity index (χ3v) is 27.0. The number of hydrogen-bond donors (Lipinski definition) is 0. The van der Waals surface area contributed by atoms with E-state index in [9.17, 15) is 0 Å². The molecule has 3 unspecified atom stereocenters. The summed E-state index contributed by atoms with van der Waals surface area (Å²) in [5, 5.41) is 0. The Hall–Kier alpha value is -6.96. The van der Waals surface area contributed by atoms with Crippen molar-refractivity contribution >= 4 is 50.8 Å². The number of hydrogen-bond acceptors (Lipinski definition) is 2. The van der Waals surface area contributed by atoms with E-state index >= 15 is 0 Å².